The van der Waals surface area contributed by atoms with Crippen LogP contribution in [0, 0.1) is 12.8 Å². The molecule has 2 rings (SSSR count). The van der Waals surface area contributed by atoms with Gasteiger partial charge in [-0.25, -0.2) is 4.79 Å². The van der Waals surface area contributed by atoms with E-state index in [9.17, 15) is 24.5 Å². The summed E-state index contributed by atoms with van der Waals surface area (Å²) in [7, 11) is -0.970. The number of aryl methyl sites for hydroxylation is 1. The molecule has 4 N–H and O–H groups in total. The van der Waals surface area contributed by atoms with Gasteiger partial charge in [0.25, 0.3) is 5.56 Å². The van der Waals surface area contributed by atoms with Gasteiger partial charge in [0.2, 0.25) is 0 Å². The first-order valence-electron chi connectivity index (χ1n) is 9.13. The van der Waals surface area contributed by atoms with Crippen LogP contribution in [-0.2, 0) is 31.2 Å². The molecule has 1 fully saturated rings. The maximum Gasteiger partial charge on any atom is 0.330 e. The number of nitrogens with zero attached hydrogens (tertiary/aromatic N) is 1. The molecule has 0 saturated carbocycles. The van der Waals surface area contributed by atoms with Gasteiger partial charge in [0, 0.05) is 31.4 Å². The van der Waals surface area contributed by atoms with Crippen molar-refractivity contribution in [1.82, 2.24) is 9.55 Å². The van der Waals surface area contributed by atoms with E-state index in [-0.39, 0.29) is 6.61 Å². The summed E-state index contributed by atoms with van der Waals surface area (Å²) in [5, 5.41) is 8.67. The predicted octanol–water partition coefficient (Wildman–Crippen LogP) is 0.0133. The lowest BCUT2D eigenvalue weighted by molar-refractivity contribution is -0.0840. The summed E-state index contributed by atoms with van der Waals surface area (Å²) in [5.74, 6) is -0.601. The number of nitrogens with one attached hydrogen (secondary N) is 1. The van der Waals surface area contributed by atoms with Crippen molar-refractivity contribution < 1.29 is 28.9 Å². The molecule has 0 radical (unpaired) electrons. The molecule has 10 nitrogen and oxygen atoms in total. The predicted molar refractivity (Wildman–Crippen MR) is 113 cm³/mol. The number of H-pyrrole nitrogens is 1. The number of rotatable bonds is 8. The third-order valence-electron chi connectivity index (χ3n) is 5.22. The number of aliphatic hydroxyl groups excluding tert-OH is 1. The van der Waals surface area contributed by atoms with E-state index in [2.05, 4.69) is 16.8 Å². The third kappa shape index (κ3) is 4.81. The van der Waals surface area contributed by atoms with Crippen molar-refractivity contribution in [2.45, 2.75) is 50.5 Å². The number of aromatic nitrogens is 2. The number of aliphatic hydroxyl groups is 1. The maximum atomic E-state index is 12.8. The zero-order chi connectivity index (χ0) is 22.2. The number of hydrogen-bond acceptors (Lipinski definition) is 7. The highest BCUT2D eigenvalue weighted by molar-refractivity contribution is 8.06. The van der Waals surface area contributed by atoms with Crippen LogP contribution < -0.4 is 11.2 Å². The van der Waals surface area contributed by atoms with Crippen molar-refractivity contribution in [1.29, 1.82) is 0 Å². The monoisotopic (exact) mass is 468 g/mol. The number of methoxy groups -OCH3 is 1. The van der Waals surface area contributed by atoms with E-state index in [1.807, 2.05) is 19.6 Å². The summed E-state index contributed by atoms with van der Waals surface area (Å²) in [6.07, 6.45) is -0.169. The maximum absolute atomic E-state index is 12.8. The first-order chi connectivity index (χ1) is 13.3. The molecule has 29 heavy (non-hydrogen) atoms. The highest BCUT2D eigenvalue weighted by Gasteiger charge is 2.63. The van der Waals surface area contributed by atoms with E-state index in [0.29, 0.717) is 12.0 Å². The molecule has 2 heterocycles. The van der Waals surface area contributed by atoms with Crippen molar-refractivity contribution in [3.8, 4) is 0 Å². The van der Waals surface area contributed by atoms with Crippen LogP contribution in [0.2, 0.25) is 19.6 Å². The first kappa shape index (κ1) is 24.6. The van der Waals surface area contributed by atoms with Gasteiger partial charge in [-0.2, -0.15) is 0 Å². The van der Waals surface area contributed by atoms with E-state index in [1.54, 1.807) is 6.92 Å². The number of hydrogen-bond donors (Lipinski definition) is 4. The molecule has 0 amide bonds. The summed E-state index contributed by atoms with van der Waals surface area (Å²) in [6, 6.07) is 0. The molecule has 166 valence electrons. The highest BCUT2D eigenvalue weighted by atomic mass is 32.5. The fraction of sp³-hybridized carbons (Fsp3) is 0.750. The van der Waals surface area contributed by atoms with Gasteiger partial charge in [-0.3, -0.25) is 14.3 Å². The van der Waals surface area contributed by atoms with Gasteiger partial charge in [-0.05, 0) is 25.2 Å². The quantitative estimate of drug-likeness (QED) is 0.306. The second-order valence-corrected chi connectivity index (χ2v) is 16.0. The molecule has 1 aliphatic rings. The van der Waals surface area contributed by atoms with Crippen LogP contribution in [0.3, 0.4) is 0 Å². The topological polar surface area (TPSA) is 143 Å². The largest absolute Gasteiger partial charge is 0.394 e. The van der Waals surface area contributed by atoms with Crippen LogP contribution in [-0.4, -0.2) is 65.0 Å². The Morgan fingerprint density at radius 1 is 1.38 bits per heavy atom. The van der Waals surface area contributed by atoms with E-state index >= 15 is 0 Å². The Kier molecular flexibility index (Phi) is 7.47. The molecule has 0 aromatic carbocycles. The van der Waals surface area contributed by atoms with Gasteiger partial charge in [0.05, 0.1) is 6.61 Å². The minimum absolute atomic E-state index is 0.273. The van der Waals surface area contributed by atoms with Crippen LogP contribution in [0.5, 0.6) is 0 Å². The lowest BCUT2D eigenvalue weighted by atomic mass is 9.95. The first-order valence-corrected chi connectivity index (χ1v) is 15.3. The molecular formula is C16H29N2O8PSSi. The lowest BCUT2D eigenvalue weighted by Gasteiger charge is -2.45. The fourth-order valence-corrected chi connectivity index (χ4v) is 7.77. The minimum Gasteiger partial charge on any atom is -0.394 e. The van der Waals surface area contributed by atoms with Crippen LogP contribution in [0.4, 0.5) is 0 Å². The third-order valence-corrected chi connectivity index (χ3v) is 8.88. The molecule has 1 unspecified atom stereocenters. The van der Waals surface area contributed by atoms with Gasteiger partial charge < -0.3 is 28.9 Å². The van der Waals surface area contributed by atoms with E-state index < -0.39 is 56.1 Å². The van der Waals surface area contributed by atoms with Crippen molar-refractivity contribution in [3.05, 3.63) is 32.6 Å². The van der Waals surface area contributed by atoms with Crippen molar-refractivity contribution in [3.63, 3.8) is 0 Å². The van der Waals surface area contributed by atoms with Crippen molar-refractivity contribution in [2.75, 3.05) is 20.3 Å². The minimum atomic E-state index is -4.09. The van der Waals surface area contributed by atoms with Gasteiger partial charge in [-0.1, -0.05) is 19.6 Å². The molecule has 1 aromatic rings. The van der Waals surface area contributed by atoms with E-state index in [1.165, 1.54) is 17.9 Å². The average molecular weight is 469 g/mol. The van der Waals surface area contributed by atoms with Gasteiger partial charge in [0.15, 0.2) is 0 Å². The van der Waals surface area contributed by atoms with Crippen LogP contribution in [0.15, 0.2) is 15.8 Å². The Hall–Kier alpha value is -0.693. The van der Waals surface area contributed by atoms with Gasteiger partial charge in [-0.15, -0.1) is 0 Å². The summed E-state index contributed by atoms with van der Waals surface area (Å²) in [6.45, 7) is 3.20. The average Bonchev–Trinajstić information content (AvgIpc) is 2.88. The van der Waals surface area contributed by atoms with Gasteiger partial charge in [0.1, 0.15) is 25.6 Å². The highest BCUT2D eigenvalue weighted by Crippen LogP contribution is 2.53. The zero-order valence-electron chi connectivity index (χ0n) is 17.1. The molecule has 1 saturated heterocycles. The molecule has 0 aliphatic carbocycles. The Labute approximate surface area is 174 Å². The Morgan fingerprint density at radius 3 is 2.48 bits per heavy atom. The second kappa shape index (κ2) is 8.81. The molecule has 4 atom stereocenters. The Balaban J connectivity index is 2.80. The van der Waals surface area contributed by atoms with E-state index in [0.717, 1.165) is 0 Å². The normalized spacial score (nSPS) is 28.1. The zero-order valence-corrected chi connectivity index (χ0v) is 19.8. The van der Waals surface area contributed by atoms with Crippen LogP contribution >= 0.6 is 6.72 Å². The molecule has 0 spiro atoms. The Morgan fingerprint density at radius 2 is 2.00 bits per heavy atom. The van der Waals surface area contributed by atoms with Crippen molar-refractivity contribution in [2.24, 2.45) is 5.92 Å². The van der Waals surface area contributed by atoms with Crippen LogP contribution in [0.1, 0.15) is 12.0 Å². The smallest absolute Gasteiger partial charge is 0.330 e. The lowest BCUT2D eigenvalue weighted by Crippen LogP contribution is -2.62. The molecular weight excluding hydrogens is 439 g/mol. The summed E-state index contributed by atoms with van der Waals surface area (Å²) in [5.41, 5.74) is -0.845. The van der Waals surface area contributed by atoms with Gasteiger partial charge >= 0.3 is 12.4 Å². The summed E-state index contributed by atoms with van der Waals surface area (Å²) in [4.78, 5) is 46.7. The molecule has 1 aromatic heterocycles. The van der Waals surface area contributed by atoms with Crippen molar-refractivity contribution >= 4 is 26.6 Å². The molecule has 13 heteroatoms. The standard InChI is InChI=1S/C16H29N2O8PSSi/c1-10-8-18(15(21)17-14(10)20)16(29(3,4)5)11(6-7-24-2)13(12(9-19)25-16)26-27(22,23)28/h8,11-13,19H,6-7,9H2,1-5H3,(H,17,20,21)(H2,22,23,28)/t11?,12-,13+,16+/m1/s1. The summed E-state index contributed by atoms with van der Waals surface area (Å²) >= 11 is 4.66. The summed E-state index contributed by atoms with van der Waals surface area (Å²) < 4.78 is 18.3. The second-order valence-electron chi connectivity index (χ2n) is 8.18. The van der Waals surface area contributed by atoms with Crippen LogP contribution in [0.25, 0.3) is 0 Å². The SMILES string of the molecule is COCCC1[C@H](OP(O)(O)=S)[C@@H](CO)O[C@]1(n1cc(C)c(=O)[nH]c1=O)[Si](C)(C)C. The number of ether oxygens (including phenoxy) is 2. The number of aromatic amines is 1. The molecule has 0 bridgehead atoms. The Bertz CT molecular complexity index is 894. The fourth-order valence-electron chi connectivity index (χ4n) is 4.06. The van der Waals surface area contributed by atoms with E-state index in [4.69, 9.17) is 14.0 Å². The molecule has 1 aliphatic heterocycles.